The number of ether oxygens (including phenoxy) is 1. The maximum atomic E-state index is 13.6. The van der Waals surface area contributed by atoms with Gasteiger partial charge in [-0.3, -0.25) is 0 Å². The number of anilines is 2. The molecule has 0 amide bonds. The van der Waals surface area contributed by atoms with Crippen molar-refractivity contribution in [3.63, 3.8) is 0 Å². The summed E-state index contributed by atoms with van der Waals surface area (Å²) in [6.07, 6.45) is 5.18. The molecule has 0 aliphatic carbocycles. The second-order valence-electron chi connectivity index (χ2n) is 4.35. The maximum absolute atomic E-state index is 13.6. The first-order chi connectivity index (χ1) is 9.19. The van der Waals surface area contributed by atoms with Crippen LogP contribution in [0.25, 0.3) is 0 Å². The van der Waals surface area contributed by atoms with Crippen molar-refractivity contribution in [3.8, 4) is 5.75 Å². The van der Waals surface area contributed by atoms with Gasteiger partial charge in [-0.25, -0.2) is 4.39 Å². The third-order valence-corrected chi connectivity index (χ3v) is 3.35. The zero-order chi connectivity index (χ0) is 14.1. The highest BCUT2D eigenvalue weighted by Crippen LogP contribution is 2.28. The van der Waals surface area contributed by atoms with Crippen LogP contribution in [0.1, 0.15) is 26.2 Å². The predicted molar refractivity (Wildman–Crippen MR) is 82.7 cm³/mol. The minimum absolute atomic E-state index is 0.266. The van der Waals surface area contributed by atoms with E-state index in [1.165, 1.54) is 6.07 Å². The molecule has 0 aromatic heterocycles. The minimum Gasteiger partial charge on any atom is -0.490 e. The number of rotatable bonds is 9. The number of halogens is 1. The van der Waals surface area contributed by atoms with Crippen molar-refractivity contribution < 1.29 is 9.13 Å². The summed E-state index contributed by atoms with van der Waals surface area (Å²) < 4.78 is 19.0. The molecular formula is C14H23FN2OS. The van der Waals surface area contributed by atoms with Crippen LogP contribution < -0.4 is 15.8 Å². The van der Waals surface area contributed by atoms with E-state index in [0.29, 0.717) is 12.3 Å². The van der Waals surface area contributed by atoms with Crippen molar-refractivity contribution in [3.05, 3.63) is 17.9 Å². The molecule has 0 fully saturated rings. The van der Waals surface area contributed by atoms with Crippen molar-refractivity contribution in [2.45, 2.75) is 26.2 Å². The maximum Gasteiger partial charge on any atom is 0.167 e. The Labute approximate surface area is 119 Å². The summed E-state index contributed by atoms with van der Waals surface area (Å²) in [6.45, 7) is 3.33. The molecule has 0 bridgehead atoms. The zero-order valence-corrected chi connectivity index (χ0v) is 12.5. The predicted octanol–water partition coefficient (Wildman–Crippen LogP) is 3.75. The van der Waals surface area contributed by atoms with Crippen molar-refractivity contribution in [2.24, 2.45) is 0 Å². The van der Waals surface area contributed by atoms with Crippen LogP contribution in [-0.4, -0.2) is 25.2 Å². The van der Waals surface area contributed by atoms with Gasteiger partial charge in [-0.05, 0) is 31.3 Å². The van der Waals surface area contributed by atoms with Crippen molar-refractivity contribution in [1.29, 1.82) is 0 Å². The Morgan fingerprint density at radius 3 is 2.84 bits per heavy atom. The third kappa shape index (κ3) is 5.59. The Kier molecular flexibility index (Phi) is 7.48. The van der Waals surface area contributed by atoms with Gasteiger partial charge in [0.05, 0.1) is 18.0 Å². The number of hydrogen-bond acceptors (Lipinski definition) is 4. The molecule has 1 aromatic rings. The molecule has 1 aromatic carbocycles. The number of benzene rings is 1. The number of thioether (sulfide) groups is 1. The van der Waals surface area contributed by atoms with Gasteiger partial charge in [0, 0.05) is 18.7 Å². The van der Waals surface area contributed by atoms with E-state index in [4.69, 9.17) is 10.5 Å². The average Bonchev–Trinajstić information content (AvgIpc) is 2.39. The molecule has 108 valence electrons. The Balaban J connectivity index is 2.56. The zero-order valence-electron chi connectivity index (χ0n) is 11.7. The summed E-state index contributed by atoms with van der Waals surface area (Å²) in [5.41, 5.74) is 6.97. The van der Waals surface area contributed by atoms with Gasteiger partial charge < -0.3 is 15.8 Å². The Morgan fingerprint density at radius 2 is 2.16 bits per heavy atom. The number of hydrogen-bond donors (Lipinski definition) is 2. The van der Waals surface area contributed by atoms with Gasteiger partial charge in [0.15, 0.2) is 11.6 Å². The summed E-state index contributed by atoms with van der Waals surface area (Å²) in [5, 5.41) is 3.23. The first-order valence-electron chi connectivity index (χ1n) is 6.63. The van der Waals surface area contributed by atoms with E-state index in [9.17, 15) is 4.39 Å². The number of nitrogen functional groups attached to an aromatic ring is 1. The van der Waals surface area contributed by atoms with E-state index < -0.39 is 5.82 Å². The number of unbranched alkanes of at least 4 members (excludes halogenated alkanes) is 1. The average molecular weight is 286 g/mol. The van der Waals surface area contributed by atoms with Gasteiger partial charge >= 0.3 is 0 Å². The smallest absolute Gasteiger partial charge is 0.167 e. The van der Waals surface area contributed by atoms with Crippen LogP contribution >= 0.6 is 11.8 Å². The molecule has 0 saturated heterocycles. The summed E-state index contributed by atoms with van der Waals surface area (Å²) in [4.78, 5) is 0. The highest BCUT2D eigenvalue weighted by Gasteiger charge is 2.08. The molecule has 19 heavy (non-hydrogen) atoms. The molecule has 0 spiro atoms. The van der Waals surface area contributed by atoms with Crippen molar-refractivity contribution in [1.82, 2.24) is 0 Å². The molecule has 0 radical (unpaired) electrons. The number of nitrogens with two attached hydrogens (primary N) is 1. The quantitative estimate of drug-likeness (QED) is 0.536. The molecule has 3 nitrogen and oxygen atoms in total. The normalized spacial score (nSPS) is 10.5. The molecule has 0 atom stereocenters. The van der Waals surface area contributed by atoms with E-state index in [-0.39, 0.29) is 5.75 Å². The second kappa shape index (κ2) is 8.91. The lowest BCUT2D eigenvalue weighted by atomic mass is 10.2. The van der Waals surface area contributed by atoms with Crippen LogP contribution in [0.15, 0.2) is 12.1 Å². The molecule has 0 unspecified atom stereocenters. The van der Waals surface area contributed by atoms with Crippen LogP contribution in [-0.2, 0) is 0 Å². The molecule has 1 rings (SSSR count). The fraction of sp³-hybridized carbons (Fsp3) is 0.571. The lowest BCUT2D eigenvalue weighted by Gasteiger charge is -2.13. The summed E-state index contributed by atoms with van der Waals surface area (Å²) in [7, 11) is 0. The topological polar surface area (TPSA) is 47.3 Å². The van der Waals surface area contributed by atoms with E-state index in [1.807, 2.05) is 18.7 Å². The second-order valence-corrected chi connectivity index (χ2v) is 5.33. The molecular weight excluding hydrogens is 263 g/mol. The lowest BCUT2D eigenvalue weighted by Crippen LogP contribution is -2.06. The van der Waals surface area contributed by atoms with Crippen LogP contribution in [0.4, 0.5) is 15.8 Å². The van der Waals surface area contributed by atoms with Crippen LogP contribution in [0.5, 0.6) is 5.75 Å². The van der Waals surface area contributed by atoms with Crippen molar-refractivity contribution in [2.75, 3.05) is 36.2 Å². The van der Waals surface area contributed by atoms with Gasteiger partial charge in [-0.15, -0.1) is 0 Å². The van der Waals surface area contributed by atoms with Gasteiger partial charge in [0.1, 0.15) is 0 Å². The third-order valence-electron chi connectivity index (χ3n) is 2.66. The first-order valence-corrected chi connectivity index (χ1v) is 8.03. The standard InChI is InChI=1S/C14H23FN2OS/c1-3-7-18-14-10-13(12(16)9-11(14)15)17-6-4-5-8-19-2/h9-10,17H,3-8,16H2,1-2H3. The highest BCUT2D eigenvalue weighted by atomic mass is 32.2. The van der Waals surface area contributed by atoms with E-state index >= 15 is 0 Å². The van der Waals surface area contributed by atoms with E-state index in [1.54, 1.807) is 6.07 Å². The molecule has 5 heteroatoms. The Hall–Kier alpha value is -1.10. The van der Waals surface area contributed by atoms with Crippen molar-refractivity contribution >= 4 is 23.1 Å². The summed E-state index contributed by atoms with van der Waals surface area (Å²) in [5.74, 6) is 1.02. The number of nitrogens with one attached hydrogen (secondary N) is 1. The van der Waals surface area contributed by atoms with Gasteiger partial charge in [-0.2, -0.15) is 11.8 Å². The molecule has 3 N–H and O–H groups in total. The fourth-order valence-electron chi connectivity index (χ4n) is 1.64. The van der Waals surface area contributed by atoms with Gasteiger partial charge in [0.2, 0.25) is 0 Å². The summed E-state index contributed by atoms with van der Waals surface area (Å²) in [6, 6.07) is 2.96. The largest absolute Gasteiger partial charge is 0.490 e. The monoisotopic (exact) mass is 286 g/mol. The highest BCUT2D eigenvalue weighted by molar-refractivity contribution is 7.98. The minimum atomic E-state index is -0.404. The fourth-order valence-corrected chi connectivity index (χ4v) is 2.13. The molecule has 0 saturated carbocycles. The molecule has 0 heterocycles. The van der Waals surface area contributed by atoms with E-state index in [2.05, 4.69) is 11.6 Å². The van der Waals surface area contributed by atoms with Gasteiger partial charge in [-0.1, -0.05) is 6.92 Å². The van der Waals surface area contributed by atoms with Gasteiger partial charge in [0.25, 0.3) is 0 Å². The Bertz CT molecular complexity index is 388. The van der Waals surface area contributed by atoms with E-state index in [0.717, 1.165) is 37.2 Å². The lowest BCUT2D eigenvalue weighted by molar-refractivity contribution is 0.301. The molecule has 0 aliphatic rings. The van der Waals surface area contributed by atoms with Crippen LogP contribution in [0.2, 0.25) is 0 Å². The van der Waals surface area contributed by atoms with Crippen LogP contribution in [0, 0.1) is 5.82 Å². The molecule has 0 aliphatic heterocycles. The SMILES string of the molecule is CCCOc1cc(NCCCCSC)c(N)cc1F. The Morgan fingerprint density at radius 1 is 1.37 bits per heavy atom. The summed E-state index contributed by atoms with van der Waals surface area (Å²) >= 11 is 1.84. The van der Waals surface area contributed by atoms with Crippen LogP contribution in [0.3, 0.4) is 0 Å². The first kappa shape index (κ1) is 16.0.